The Balaban J connectivity index is 2.00. The summed E-state index contributed by atoms with van der Waals surface area (Å²) in [6, 6.07) is 13.7. The Morgan fingerprint density at radius 3 is 2.56 bits per heavy atom. The normalized spacial score (nSPS) is 19.8. The molecule has 1 aliphatic rings. The Hall–Kier alpha value is -2.21. The molecule has 0 aliphatic carbocycles. The van der Waals surface area contributed by atoms with Gasteiger partial charge in [0.2, 0.25) is 0 Å². The van der Waals surface area contributed by atoms with E-state index in [1.165, 1.54) is 11.0 Å². The summed E-state index contributed by atoms with van der Waals surface area (Å²) >= 11 is 3.22. The fourth-order valence-corrected chi connectivity index (χ4v) is 3.79. The molecule has 0 aromatic heterocycles. The van der Waals surface area contributed by atoms with Crippen molar-refractivity contribution in [1.82, 2.24) is 0 Å². The van der Waals surface area contributed by atoms with Crippen LogP contribution in [0.25, 0.3) is 0 Å². The van der Waals surface area contributed by atoms with Gasteiger partial charge in [0.25, 0.3) is 5.91 Å². The Morgan fingerprint density at radius 2 is 1.92 bits per heavy atom. The van der Waals surface area contributed by atoms with Crippen molar-refractivity contribution in [2.45, 2.75) is 24.8 Å². The molecular formula is C19H18BrFN2O2. The van der Waals surface area contributed by atoms with Crippen LogP contribution in [0.2, 0.25) is 0 Å². The second-order valence-corrected chi connectivity index (χ2v) is 7.08. The van der Waals surface area contributed by atoms with Crippen LogP contribution in [0.15, 0.2) is 53.0 Å². The zero-order valence-corrected chi connectivity index (χ0v) is 15.1. The number of nitrogens with two attached hydrogens (primary N) is 1. The molecule has 1 heterocycles. The highest BCUT2D eigenvalue weighted by atomic mass is 79.9. The highest BCUT2D eigenvalue weighted by Gasteiger charge is 2.52. The Kier molecular flexibility index (Phi) is 4.90. The van der Waals surface area contributed by atoms with Gasteiger partial charge >= 0.3 is 0 Å². The molecule has 25 heavy (non-hydrogen) atoms. The van der Waals surface area contributed by atoms with Crippen LogP contribution in [0.3, 0.4) is 0 Å². The first-order valence-corrected chi connectivity index (χ1v) is 8.84. The molecule has 4 nitrogen and oxygen atoms in total. The highest BCUT2D eigenvalue weighted by molar-refractivity contribution is 9.10. The average Bonchev–Trinajstić information content (AvgIpc) is 3.01. The Morgan fingerprint density at radius 1 is 1.20 bits per heavy atom. The predicted octanol–water partition coefficient (Wildman–Crippen LogP) is 3.22. The highest BCUT2D eigenvalue weighted by Crippen LogP contribution is 2.37. The maximum Gasteiger partial charge on any atom is 0.251 e. The summed E-state index contributed by atoms with van der Waals surface area (Å²) in [5, 5.41) is 0. The number of carbonyl (C=O) groups is 2. The molecule has 0 spiro atoms. The van der Waals surface area contributed by atoms with E-state index >= 15 is 0 Å². The van der Waals surface area contributed by atoms with E-state index in [0.29, 0.717) is 23.9 Å². The Labute approximate surface area is 153 Å². The number of hydrogen-bond donors (Lipinski definition) is 1. The van der Waals surface area contributed by atoms with Crippen molar-refractivity contribution in [3.05, 3.63) is 64.4 Å². The van der Waals surface area contributed by atoms with Crippen molar-refractivity contribution in [2.75, 3.05) is 11.4 Å². The van der Waals surface area contributed by atoms with Gasteiger partial charge in [0.05, 0.1) is 5.69 Å². The first-order chi connectivity index (χ1) is 11.9. The monoisotopic (exact) mass is 404 g/mol. The van der Waals surface area contributed by atoms with Crippen molar-refractivity contribution >= 4 is 33.3 Å². The van der Waals surface area contributed by atoms with Gasteiger partial charge in [0.1, 0.15) is 5.82 Å². The smallest absolute Gasteiger partial charge is 0.251 e. The van der Waals surface area contributed by atoms with Crippen LogP contribution in [0, 0.1) is 5.82 Å². The van der Waals surface area contributed by atoms with E-state index in [1.807, 2.05) is 30.3 Å². The fraction of sp³-hybridized carbons (Fsp3) is 0.263. The lowest BCUT2D eigenvalue weighted by Crippen LogP contribution is -2.60. The lowest BCUT2D eigenvalue weighted by atomic mass is 9.86. The molecule has 0 radical (unpaired) electrons. The van der Waals surface area contributed by atoms with E-state index < -0.39 is 17.3 Å². The van der Waals surface area contributed by atoms with E-state index in [2.05, 4.69) is 15.9 Å². The SMILES string of the molecule is NC(=O)[C@]1(C(=O)Cc2ccccc2)CCCN1c1ccc(Br)cc1F. The number of anilines is 1. The number of rotatable bonds is 5. The summed E-state index contributed by atoms with van der Waals surface area (Å²) in [4.78, 5) is 26.9. The van der Waals surface area contributed by atoms with Gasteiger partial charge in [-0.2, -0.15) is 0 Å². The number of primary amides is 1. The van der Waals surface area contributed by atoms with Gasteiger partial charge < -0.3 is 10.6 Å². The minimum atomic E-state index is -1.51. The number of nitrogens with zero attached hydrogens (tertiary/aromatic N) is 1. The van der Waals surface area contributed by atoms with Crippen LogP contribution in [0.5, 0.6) is 0 Å². The molecule has 0 unspecified atom stereocenters. The topological polar surface area (TPSA) is 63.4 Å². The summed E-state index contributed by atoms with van der Waals surface area (Å²) in [5.41, 5.74) is 5.18. The minimum Gasteiger partial charge on any atom is -0.367 e. The van der Waals surface area contributed by atoms with E-state index in [9.17, 15) is 14.0 Å². The molecule has 130 valence electrons. The van der Waals surface area contributed by atoms with Gasteiger partial charge in [-0.25, -0.2) is 4.39 Å². The molecule has 1 fully saturated rings. The molecule has 1 saturated heterocycles. The number of hydrogen-bond acceptors (Lipinski definition) is 3. The summed E-state index contributed by atoms with van der Waals surface area (Å²) in [5.74, 6) is -1.52. The maximum absolute atomic E-state index is 14.5. The predicted molar refractivity (Wildman–Crippen MR) is 97.8 cm³/mol. The Bertz CT molecular complexity index is 812. The average molecular weight is 405 g/mol. The van der Waals surface area contributed by atoms with E-state index in [-0.39, 0.29) is 17.9 Å². The van der Waals surface area contributed by atoms with Crippen molar-refractivity contribution in [1.29, 1.82) is 0 Å². The molecule has 1 atom stereocenters. The standard InChI is InChI=1S/C19H18BrFN2O2/c20-14-7-8-16(15(21)12-14)23-10-4-9-19(23,18(22)25)17(24)11-13-5-2-1-3-6-13/h1-3,5-8,12H,4,9-11H2,(H2,22,25)/t19-/m1/s1. The lowest BCUT2D eigenvalue weighted by Gasteiger charge is -2.36. The fourth-order valence-electron chi connectivity index (χ4n) is 3.46. The molecule has 0 bridgehead atoms. The molecule has 2 aromatic rings. The molecule has 6 heteroatoms. The van der Waals surface area contributed by atoms with Gasteiger partial charge in [-0.3, -0.25) is 9.59 Å². The van der Waals surface area contributed by atoms with Gasteiger partial charge in [-0.15, -0.1) is 0 Å². The molecule has 2 N–H and O–H groups in total. The number of halogens is 2. The molecule has 2 aromatic carbocycles. The number of carbonyl (C=O) groups excluding carboxylic acids is 2. The van der Waals surface area contributed by atoms with Crippen LogP contribution in [0.4, 0.5) is 10.1 Å². The molecule has 3 rings (SSSR count). The summed E-state index contributed by atoms with van der Waals surface area (Å²) < 4.78 is 15.1. The van der Waals surface area contributed by atoms with Crippen molar-refractivity contribution in [2.24, 2.45) is 5.73 Å². The second-order valence-electron chi connectivity index (χ2n) is 6.16. The van der Waals surface area contributed by atoms with Gasteiger partial charge in [0, 0.05) is 17.4 Å². The third kappa shape index (κ3) is 3.18. The summed E-state index contributed by atoms with van der Waals surface area (Å²) in [6.07, 6.45) is 0.973. The largest absolute Gasteiger partial charge is 0.367 e. The summed E-state index contributed by atoms with van der Waals surface area (Å²) in [7, 11) is 0. The zero-order chi connectivity index (χ0) is 18.0. The van der Waals surface area contributed by atoms with Gasteiger partial charge in [0.15, 0.2) is 11.3 Å². The van der Waals surface area contributed by atoms with Crippen LogP contribution in [-0.2, 0) is 16.0 Å². The van der Waals surface area contributed by atoms with Gasteiger partial charge in [-0.05, 0) is 36.6 Å². The van der Waals surface area contributed by atoms with E-state index in [0.717, 1.165) is 5.56 Å². The number of Topliss-reactive ketones (excluding diaryl/α,β-unsaturated/α-hetero) is 1. The van der Waals surface area contributed by atoms with Gasteiger partial charge in [-0.1, -0.05) is 46.3 Å². The molecule has 0 saturated carbocycles. The maximum atomic E-state index is 14.5. The molecule has 1 amide bonds. The number of amides is 1. The van der Waals surface area contributed by atoms with Crippen LogP contribution >= 0.6 is 15.9 Å². The molecule has 1 aliphatic heterocycles. The van der Waals surface area contributed by atoms with Crippen molar-refractivity contribution in [3.63, 3.8) is 0 Å². The summed E-state index contributed by atoms with van der Waals surface area (Å²) in [6.45, 7) is 0.405. The quantitative estimate of drug-likeness (QED) is 0.778. The molecular weight excluding hydrogens is 387 g/mol. The lowest BCUT2D eigenvalue weighted by molar-refractivity contribution is -0.133. The van der Waals surface area contributed by atoms with E-state index in [1.54, 1.807) is 12.1 Å². The van der Waals surface area contributed by atoms with E-state index in [4.69, 9.17) is 5.73 Å². The third-order valence-electron chi connectivity index (χ3n) is 4.66. The van der Waals surface area contributed by atoms with Crippen molar-refractivity contribution in [3.8, 4) is 0 Å². The number of benzene rings is 2. The zero-order valence-electron chi connectivity index (χ0n) is 13.5. The van der Waals surface area contributed by atoms with Crippen LogP contribution < -0.4 is 10.6 Å². The first-order valence-electron chi connectivity index (χ1n) is 8.05. The minimum absolute atomic E-state index is 0.0818. The third-order valence-corrected chi connectivity index (χ3v) is 5.15. The van der Waals surface area contributed by atoms with Crippen LogP contribution in [-0.4, -0.2) is 23.8 Å². The van der Waals surface area contributed by atoms with Crippen molar-refractivity contribution < 1.29 is 14.0 Å². The van der Waals surface area contributed by atoms with Crippen LogP contribution in [0.1, 0.15) is 18.4 Å². The number of ketones is 1. The second kappa shape index (κ2) is 6.96. The first kappa shape index (κ1) is 17.6.